The number of methoxy groups -OCH3 is 1. The Kier molecular flexibility index (Phi) is 7.82. The second kappa shape index (κ2) is 11.2. The summed E-state index contributed by atoms with van der Waals surface area (Å²) in [6, 6.07) is 8.68. The number of benzene rings is 2. The summed E-state index contributed by atoms with van der Waals surface area (Å²) < 4.78 is 65.5. The zero-order chi connectivity index (χ0) is 30.3. The van der Waals surface area contributed by atoms with Gasteiger partial charge in [-0.3, -0.25) is 9.88 Å². The van der Waals surface area contributed by atoms with Gasteiger partial charge in [0.15, 0.2) is 11.6 Å². The van der Waals surface area contributed by atoms with Gasteiger partial charge in [0.2, 0.25) is 0 Å². The number of carboxylic acid groups (broad SMARTS) is 1. The molecule has 0 unspecified atom stereocenters. The van der Waals surface area contributed by atoms with Gasteiger partial charge in [0, 0.05) is 28.1 Å². The maximum absolute atomic E-state index is 15.1. The Labute approximate surface area is 245 Å². The quantitative estimate of drug-likeness (QED) is 0.184. The SMILES string of the molecule is COc1cnc2c(-c3nc4cc(F)c(O[C@@H](C)[C@@H](C)N(C(=O)O)c5ccc(C(F)(F)F)nc5)cc4s3)cc(Cl)cc2c1. The fourth-order valence-electron chi connectivity index (χ4n) is 4.33. The van der Waals surface area contributed by atoms with Crippen LogP contribution in [-0.2, 0) is 6.18 Å². The van der Waals surface area contributed by atoms with Crippen LogP contribution in [0.15, 0.2) is 54.9 Å². The highest BCUT2D eigenvalue weighted by Crippen LogP contribution is 2.39. The molecule has 14 heteroatoms. The number of hydrogen-bond acceptors (Lipinski definition) is 7. The van der Waals surface area contributed by atoms with Crippen LogP contribution in [0, 0.1) is 5.82 Å². The van der Waals surface area contributed by atoms with E-state index in [1.54, 1.807) is 24.4 Å². The van der Waals surface area contributed by atoms with E-state index in [0.29, 0.717) is 43.1 Å². The van der Waals surface area contributed by atoms with E-state index < -0.39 is 35.9 Å². The number of ether oxygens (including phenoxy) is 2. The minimum atomic E-state index is -4.68. The standard InChI is InChI=1S/C28H21ClF4N4O4S/c1-13(37(27(38)39)17-4-5-24(34-11-17)28(31,32)33)14(2)41-22-10-23-21(9-20(22)30)36-26(42-23)19-8-16(29)6-15-7-18(40-3)12-35-25(15)19/h4-14H,1-3H3,(H,38,39)/t13-,14+/m1/s1. The number of aromatic nitrogens is 3. The Morgan fingerprint density at radius 2 is 1.86 bits per heavy atom. The Hall–Kier alpha value is -4.23. The van der Waals surface area contributed by atoms with Gasteiger partial charge in [0.1, 0.15) is 22.6 Å². The summed E-state index contributed by atoms with van der Waals surface area (Å²) >= 11 is 7.61. The summed E-state index contributed by atoms with van der Waals surface area (Å²) in [4.78, 5) is 25.2. The molecule has 0 radical (unpaired) electrons. The Morgan fingerprint density at radius 1 is 1.10 bits per heavy atom. The molecule has 42 heavy (non-hydrogen) atoms. The first-order valence-electron chi connectivity index (χ1n) is 12.3. The molecular formula is C28H21ClF4N4O4S. The predicted molar refractivity (Wildman–Crippen MR) is 151 cm³/mol. The average molecular weight is 621 g/mol. The molecule has 5 aromatic rings. The normalized spacial score (nSPS) is 13.2. The molecule has 1 N–H and O–H groups in total. The monoisotopic (exact) mass is 620 g/mol. The molecule has 0 spiro atoms. The summed E-state index contributed by atoms with van der Waals surface area (Å²) in [5.74, 6) is -0.315. The van der Waals surface area contributed by atoms with Gasteiger partial charge < -0.3 is 14.6 Å². The lowest BCUT2D eigenvalue weighted by Gasteiger charge is -2.31. The molecule has 0 saturated heterocycles. The van der Waals surface area contributed by atoms with Gasteiger partial charge in [-0.15, -0.1) is 11.3 Å². The molecular weight excluding hydrogens is 600 g/mol. The smallest absolute Gasteiger partial charge is 0.433 e. The summed E-state index contributed by atoms with van der Waals surface area (Å²) in [6.45, 7) is 3.02. The van der Waals surface area contributed by atoms with Crippen LogP contribution in [0.25, 0.3) is 31.7 Å². The van der Waals surface area contributed by atoms with Crippen LogP contribution in [0.5, 0.6) is 11.5 Å². The van der Waals surface area contributed by atoms with E-state index in [1.165, 1.54) is 44.4 Å². The van der Waals surface area contributed by atoms with E-state index in [4.69, 9.17) is 21.1 Å². The van der Waals surface area contributed by atoms with Crippen molar-refractivity contribution < 1.29 is 36.9 Å². The molecule has 8 nitrogen and oxygen atoms in total. The molecule has 5 rings (SSSR count). The molecule has 0 fully saturated rings. The second-order valence-electron chi connectivity index (χ2n) is 9.29. The van der Waals surface area contributed by atoms with Crippen LogP contribution >= 0.6 is 22.9 Å². The van der Waals surface area contributed by atoms with Crippen molar-refractivity contribution in [2.24, 2.45) is 0 Å². The number of alkyl halides is 3. The molecule has 218 valence electrons. The van der Waals surface area contributed by atoms with E-state index in [0.717, 1.165) is 22.5 Å². The maximum atomic E-state index is 15.1. The minimum Gasteiger partial charge on any atom is -0.495 e. The van der Waals surface area contributed by atoms with Gasteiger partial charge in [-0.2, -0.15) is 13.2 Å². The molecule has 0 bridgehead atoms. The van der Waals surface area contributed by atoms with Crippen molar-refractivity contribution in [3.8, 4) is 22.1 Å². The number of carbonyl (C=O) groups is 1. The average Bonchev–Trinajstić information content (AvgIpc) is 3.34. The third-order valence-corrected chi connectivity index (χ3v) is 7.82. The number of rotatable bonds is 7. The molecule has 2 atom stereocenters. The highest BCUT2D eigenvalue weighted by Gasteiger charge is 2.34. The van der Waals surface area contributed by atoms with Crippen LogP contribution in [0.4, 0.5) is 28.0 Å². The molecule has 3 heterocycles. The lowest BCUT2D eigenvalue weighted by atomic mass is 10.1. The topological polar surface area (TPSA) is 97.7 Å². The second-order valence-corrected chi connectivity index (χ2v) is 10.8. The van der Waals surface area contributed by atoms with Gasteiger partial charge in [-0.1, -0.05) is 11.6 Å². The highest BCUT2D eigenvalue weighted by atomic mass is 35.5. The van der Waals surface area contributed by atoms with Crippen molar-refractivity contribution in [3.63, 3.8) is 0 Å². The number of anilines is 1. The summed E-state index contributed by atoms with van der Waals surface area (Å²) in [6.07, 6.45) is -4.65. The molecule has 3 aromatic heterocycles. The number of thiazole rings is 1. The third kappa shape index (κ3) is 5.74. The van der Waals surface area contributed by atoms with Crippen molar-refractivity contribution >= 4 is 55.8 Å². The van der Waals surface area contributed by atoms with E-state index in [9.17, 15) is 23.1 Å². The molecule has 0 aliphatic heterocycles. The zero-order valence-corrected chi connectivity index (χ0v) is 23.7. The molecule has 0 aliphatic carbocycles. The molecule has 0 saturated carbocycles. The summed E-state index contributed by atoms with van der Waals surface area (Å²) in [7, 11) is 1.53. The third-order valence-electron chi connectivity index (χ3n) is 6.55. The van der Waals surface area contributed by atoms with Crippen molar-refractivity contribution in [3.05, 3.63) is 71.4 Å². The van der Waals surface area contributed by atoms with Crippen molar-refractivity contribution in [1.29, 1.82) is 0 Å². The summed E-state index contributed by atoms with van der Waals surface area (Å²) in [5.41, 5.74) is 0.388. The first-order valence-corrected chi connectivity index (χ1v) is 13.5. The van der Waals surface area contributed by atoms with Gasteiger partial charge in [0.05, 0.1) is 47.0 Å². The number of nitrogens with zero attached hydrogens (tertiary/aromatic N) is 4. The summed E-state index contributed by atoms with van der Waals surface area (Å²) in [5, 5.41) is 11.5. The molecule has 1 amide bonds. The zero-order valence-electron chi connectivity index (χ0n) is 22.1. The van der Waals surface area contributed by atoms with Crippen LogP contribution in [0.1, 0.15) is 19.5 Å². The molecule has 2 aromatic carbocycles. The van der Waals surface area contributed by atoms with Crippen molar-refractivity contribution in [2.45, 2.75) is 32.2 Å². The number of amides is 1. The van der Waals surface area contributed by atoms with Crippen LogP contribution in [0.2, 0.25) is 5.02 Å². The fourth-order valence-corrected chi connectivity index (χ4v) is 5.55. The lowest BCUT2D eigenvalue weighted by molar-refractivity contribution is -0.141. The van der Waals surface area contributed by atoms with Crippen LogP contribution in [0.3, 0.4) is 0 Å². The Morgan fingerprint density at radius 3 is 2.50 bits per heavy atom. The predicted octanol–water partition coefficient (Wildman–Crippen LogP) is 8.07. The van der Waals surface area contributed by atoms with Crippen molar-refractivity contribution in [2.75, 3.05) is 12.0 Å². The van der Waals surface area contributed by atoms with E-state index in [2.05, 4.69) is 15.0 Å². The number of fused-ring (bicyclic) bond motifs is 2. The van der Waals surface area contributed by atoms with E-state index >= 15 is 4.39 Å². The van der Waals surface area contributed by atoms with E-state index in [1.807, 2.05) is 0 Å². The molecule has 0 aliphatic rings. The van der Waals surface area contributed by atoms with Crippen LogP contribution in [-0.4, -0.2) is 45.4 Å². The van der Waals surface area contributed by atoms with Crippen LogP contribution < -0.4 is 14.4 Å². The van der Waals surface area contributed by atoms with Gasteiger partial charge in [0.25, 0.3) is 0 Å². The van der Waals surface area contributed by atoms with Gasteiger partial charge >= 0.3 is 12.3 Å². The Bertz CT molecular complexity index is 1800. The lowest BCUT2D eigenvalue weighted by Crippen LogP contribution is -2.46. The first-order chi connectivity index (χ1) is 19.8. The Balaban J connectivity index is 1.43. The van der Waals surface area contributed by atoms with Gasteiger partial charge in [-0.25, -0.2) is 19.2 Å². The number of pyridine rings is 2. The number of hydrogen-bond donors (Lipinski definition) is 1. The first kappa shape index (κ1) is 29.3. The fraction of sp³-hybridized carbons (Fsp3) is 0.214. The largest absolute Gasteiger partial charge is 0.495 e. The van der Waals surface area contributed by atoms with Crippen molar-refractivity contribution in [1.82, 2.24) is 15.0 Å². The van der Waals surface area contributed by atoms with Gasteiger partial charge in [-0.05, 0) is 44.2 Å². The van der Waals surface area contributed by atoms with E-state index in [-0.39, 0.29) is 11.4 Å². The number of halogens is 5. The highest BCUT2D eigenvalue weighted by molar-refractivity contribution is 7.21. The minimum absolute atomic E-state index is 0.0959. The maximum Gasteiger partial charge on any atom is 0.433 e.